The summed E-state index contributed by atoms with van der Waals surface area (Å²) >= 11 is -1.22. The third-order valence-electron chi connectivity index (χ3n) is 5.13. The van der Waals surface area contributed by atoms with E-state index in [9.17, 15) is 4.55 Å². The first-order valence-electron chi connectivity index (χ1n) is 8.55. The van der Waals surface area contributed by atoms with Gasteiger partial charge in [-0.1, -0.05) is 35.8 Å². The molecule has 0 radical (unpaired) electrons. The molecule has 3 nitrogen and oxygen atoms in total. The van der Waals surface area contributed by atoms with Gasteiger partial charge in [0.15, 0.2) is 0 Å². The van der Waals surface area contributed by atoms with E-state index in [1.165, 1.54) is 24.8 Å². The lowest BCUT2D eigenvalue weighted by Gasteiger charge is -2.34. The second kappa shape index (κ2) is 6.14. The maximum Gasteiger partial charge on any atom is 0.144 e. The van der Waals surface area contributed by atoms with Gasteiger partial charge in [0.05, 0.1) is 7.11 Å². The van der Waals surface area contributed by atoms with E-state index in [2.05, 4.69) is 6.07 Å². The molecular formula is C19H27NO2S. The zero-order chi connectivity index (χ0) is 16.7. The molecule has 1 fully saturated rings. The smallest absolute Gasteiger partial charge is 0.144 e. The molecule has 0 unspecified atom stereocenters. The van der Waals surface area contributed by atoms with Gasteiger partial charge >= 0.3 is 0 Å². The fourth-order valence-electron chi connectivity index (χ4n) is 3.88. The summed E-state index contributed by atoms with van der Waals surface area (Å²) in [6.45, 7) is 5.96. The Bertz CT molecular complexity index is 612. The monoisotopic (exact) mass is 333 g/mol. The van der Waals surface area contributed by atoms with Crippen molar-refractivity contribution in [1.82, 2.24) is 0 Å². The average Bonchev–Trinajstić information content (AvgIpc) is 2.80. The highest BCUT2D eigenvalue weighted by atomic mass is 32.2. The van der Waals surface area contributed by atoms with Gasteiger partial charge in [-0.25, -0.2) is 0 Å². The number of methoxy groups -OCH3 is 1. The molecular weight excluding hydrogens is 306 g/mol. The normalized spacial score (nSPS) is 23.1. The Morgan fingerprint density at radius 3 is 2.48 bits per heavy atom. The van der Waals surface area contributed by atoms with E-state index in [0.717, 1.165) is 36.3 Å². The molecule has 0 N–H and O–H groups in total. The first kappa shape index (κ1) is 16.8. The predicted octanol–water partition coefficient (Wildman–Crippen LogP) is 4.45. The van der Waals surface area contributed by atoms with E-state index < -0.39 is 11.4 Å². The lowest BCUT2D eigenvalue weighted by Crippen LogP contribution is -2.34. The molecule has 1 atom stereocenters. The van der Waals surface area contributed by atoms with E-state index in [1.807, 2.05) is 32.9 Å². The summed E-state index contributed by atoms with van der Waals surface area (Å²) < 4.78 is 22.7. The van der Waals surface area contributed by atoms with Crippen LogP contribution in [0.25, 0.3) is 0 Å². The Balaban J connectivity index is 2.11. The van der Waals surface area contributed by atoms with Crippen molar-refractivity contribution in [3.63, 3.8) is 0 Å². The Hall–Kier alpha value is -1.00. The van der Waals surface area contributed by atoms with Crippen LogP contribution in [0.5, 0.6) is 5.75 Å². The maximum absolute atomic E-state index is 12.7. The summed E-state index contributed by atoms with van der Waals surface area (Å²) in [6, 6.07) is 6.17. The predicted molar refractivity (Wildman–Crippen MR) is 96.6 cm³/mol. The van der Waals surface area contributed by atoms with Crippen LogP contribution >= 0.6 is 0 Å². The zero-order valence-electron chi connectivity index (χ0n) is 14.6. The van der Waals surface area contributed by atoms with Crippen molar-refractivity contribution >= 4 is 17.1 Å². The van der Waals surface area contributed by atoms with Crippen LogP contribution in [0.1, 0.15) is 64.0 Å². The van der Waals surface area contributed by atoms with Gasteiger partial charge < -0.3 is 9.29 Å². The fraction of sp³-hybridized carbons (Fsp3) is 0.632. The van der Waals surface area contributed by atoms with Crippen LogP contribution in [0.15, 0.2) is 22.6 Å². The number of benzene rings is 1. The highest BCUT2D eigenvalue weighted by Gasteiger charge is 2.47. The molecule has 0 heterocycles. The van der Waals surface area contributed by atoms with E-state index in [1.54, 1.807) is 7.11 Å². The van der Waals surface area contributed by atoms with Crippen molar-refractivity contribution in [2.45, 2.75) is 64.0 Å². The van der Waals surface area contributed by atoms with E-state index in [4.69, 9.17) is 9.13 Å². The number of hydrogen-bond donors (Lipinski definition) is 0. The average molecular weight is 333 g/mol. The summed E-state index contributed by atoms with van der Waals surface area (Å²) in [5.74, 6) is 0.944. The van der Waals surface area contributed by atoms with Crippen LogP contribution in [0, 0.1) is 5.41 Å². The number of fused-ring (bicyclic) bond motifs is 1. The molecule has 4 heteroatoms. The van der Waals surface area contributed by atoms with Crippen LogP contribution in [0.4, 0.5) is 0 Å². The second-order valence-electron chi connectivity index (χ2n) is 7.81. The largest absolute Gasteiger partial charge is 0.591 e. The minimum absolute atomic E-state index is 0.0656. The van der Waals surface area contributed by atoms with Gasteiger partial charge in [-0.2, -0.15) is 0 Å². The molecule has 23 heavy (non-hydrogen) atoms. The Kier molecular flexibility index (Phi) is 4.49. The quantitative estimate of drug-likeness (QED) is 0.750. The topological polar surface area (TPSA) is 44.6 Å². The molecule has 0 saturated heterocycles. The van der Waals surface area contributed by atoms with Gasteiger partial charge in [0.1, 0.15) is 27.6 Å². The van der Waals surface area contributed by atoms with E-state index in [0.29, 0.717) is 0 Å². The number of hydrogen-bond acceptors (Lipinski definition) is 3. The summed E-state index contributed by atoms with van der Waals surface area (Å²) in [5, 5.41) is 0. The minimum atomic E-state index is -1.22. The molecule has 0 aromatic heterocycles. The SMILES string of the molecule is COc1cccc2c1CC1(CCCCC1)/C2=N/[S@+]([O-])C(C)(C)C. The van der Waals surface area contributed by atoms with Crippen LogP contribution in [-0.2, 0) is 17.8 Å². The number of rotatable bonds is 2. The molecule has 1 aromatic rings. The first-order chi connectivity index (χ1) is 10.9. The van der Waals surface area contributed by atoms with Crippen molar-refractivity contribution in [2.75, 3.05) is 7.11 Å². The third kappa shape index (κ3) is 3.03. The van der Waals surface area contributed by atoms with Gasteiger partial charge in [-0.3, -0.25) is 0 Å². The summed E-state index contributed by atoms with van der Waals surface area (Å²) in [5.41, 5.74) is 3.54. The lowest BCUT2D eigenvalue weighted by molar-refractivity contribution is 0.288. The molecule has 1 saturated carbocycles. The van der Waals surface area contributed by atoms with Crippen molar-refractivity contribution in [1.29, 1.82) is 0 Å². The van der Waals surface area contributed by atoms with Crippen molar-refractivity contribution in [3.8, 4) is 5.75 Å². The Labute approximate surface area is 142 Å². The van der Waals surface area contributed by atoms with Crippen LogP contribution < -0.4 is 4.74 Å². The summed E-state index contributed by atoms with van der Waals surface area (Å²) in [6.07, 6.45) is 7.03. The second-order valence-corrected chi connectivity index (χ2v) is 9.71. The zero-order valence-corrected chi connectivity index (χ0v) is 15.5. The van der Waals surface area contributed by atoms with Gasteiger partial charge in [0, 0.05) is 16.5 Å². The number of ether oxygens (including phenoxy) is 1. The highest BCUT2D eigenvalue weighted by molar-refractivity contribution is 7.91. The number of nitrogens with zero attached hydrogens (tertiary/aromatic N) is 1. The standard InChI is InChI=1S/C19H27NO2S/c1-18(2,3)23(21)20-17-14-9-8-10-16(22-4)15(14)13-19(17)11-6-5-7-12-19/h8-10H,5-7,11-13H2,1-4H3/b20-17+/t23-/m1/s1. The van der Waals surface area contributed by atoms with Crippen molar-refractivity contribution in [2.24, 2.45) is 9.81 Å². The maximum atomic E-state index is 12.7. The summed E-state index contributed by atoms with van der Waals surface area (Å²) in [4.78, 5) is 0. The van der Waals surface area contributed by atoms with E-state index in [-0.39, 0.29) is 10.2 Å². The first-order valence-corrected chi connectivity index (χ1v) is 9.65. The molecule has 0 bridgehead atoms. The Morgan fingerprint density at radius 2 is 1.87 bits per heavy atom. The molecule has 1 spiro atoms. The molecule has 2 aliphatic carbocycles. The molecule has 0 amide bonds. The fourth-order valence-corrected chi connectivity index (χ4v) is 4.61. The van der Waals surface area contributed by atoms with Crippen LogP contribution in [0.3, 0.4) is 0 Å². The lowest BCUT2D eigenvalue weighted by atomic mass is 9.71. The van der Waals surface area contributed by atoms with Gasteiger partial charge in [0.25, 0.3) is 0 Å². The third-order valence-corrected chi connectivity index (χ3v) is 6.53. The molecule has 2 aliphatic rings. The molecule has 0 aliphatic heterocycles. The van der Waals surface area contributed by atoms with Gasteiger partial charge in [-0.15, -0.1) is 0 Å². The summed E-state index contributed by atoms with van der Waals surface area (Å²) in [7, 11) is 1.73. The molecule has 3 rings (SSSR count). The van der Waals surface area contributed by atoms with Crippen LogP contribution in [-0.4, -0.2) is 22.1 Å². The van der Waals surface area contributed by atoms with Gasteiger partial charge in [-0.05, 0) is 46.1 Å². The minimum Gasteiger partial charge on any atom is -0.591 e. The van der Waals surface area contributed by atoms with Crippen molar-refractivity contribution in [3.05, 3.63) is 29.3 Å². The highest BCUT2D eigenvalue weighted by Crippen LogP contribution is 2.50. The van der Waals surface area contributed by atoms with E-state index >= 15 is 0 Å². The van der Waals surface area contributed by atoms with Gasteiger partial charge in [0.2, 0.25) is 0 Å². The molecule has 1 aromatic carbocycles. The Morgan fingerprint density at radius 1 is 1.17 bits per heavy atom. The van der Waals surface area contributed by atoms with Crippen LogP contribution in [0.2, 0.25) is 0 Å². The van der Waals surface area contributed by atoms with Crippen molar-refractivity contribution < 1.29 is 9.29 Å². The molecule has 126 valence electrons.